The molecule has 4 heteroatoms. The van der Waals surface area contributed by atoms with Crippen LogP contribution in [0, 0.1) is 11.3 Å². The van der Waals surface area contributed by atoms with Gasteiger partial charge in [-0.1, -0.05) is 22.9 Å². The lowest BCUT2D eigenvalue weighted by atomic mass is 9.81. The fourth-order valence-corrected chi connectivity index (χ4v) is 3.90. The summed E-state index contributed by atoms with van der Waals surface area (Å²) >= 11 is 3.73. The van der Waals surface area contributed by atoms with Gasteiger partial charge in [-0.3, -0.25) is 0 Å². The van der Waals surface area contributed by atoms with Gasteiger partial charge < -0.3 is 14.4 Å². The molecule has 2 aliphatic rings. The van der Waals surface area contributed by atoms with Crippen LogP contribution in [0.5, 0.6) is 0 Å². The first kappa shape index (κ1) is 14.8. The van der Waals surface area contributed by atoms with Crippen molar-refractivity contribution in [3.05, 3.63) is 0 Å². The molecule has 0 aromatic heterocycles. The van der Waals surface area contributed by atoms with E-state index < -0.39 is 0 Å². The largest absolute Gasteiger partial charge is 0.381 e. The Labute approximate surface area is 119 Å². The second-order valence-corrected chi connectivity index (χ2v) is 6.58. The second kappa shape index (κ2) is 6.69. The minimum atomic E-state index is 0.408. The van der Waals surface area contributed by atoms with E-state index in [1.165, 1.54) is 32.4 Å². The lowest BCUT2D eigenvalue weighted by Crippen LogP contribution is -2.50. The molecule has 0 spiro atoms. The highest BCUT2D eigenvalue weighted by molar-refractivity contribution is 9.09. The molecule has 0 bridgehead atoms. The molecule has 2 unspecified atom stereocenters. The lowest BCUT2D eigenvalue weighted by Gasteiger charge is -2.43. The molecule has 0 aromatic rings. The smallest absolute Gasteiger partial charge is 0.0724 e. The quantitative estimate of drug-likeness (QED) is 0.743. The highest BCUT2D eigenvalue weighted by atomic mass is 79.9. The van der Waals surface area contributed by atoms with Gasteiger partial charge in [0.05, 0.1) is 6.10 Å². The Kier molecular flexibility index (Phi) is 5.48. The summed E-state index contributed by atoms with van der Waals surface area (Å²) in [7, 11) is 1.85. The molecule has 0 saturated carbocycles. The molecule has 2 aliphatic heterocycles. The Hall–Kier alpha value is 0.360. The minimum absolute atomic E-state index is 0.408. The van der Waals surface area contributed by atoms with E-state index in [9.17, 15) is 0 Å². The summed E-state index contributed by atoms with van der Waals surface area (Å²) in [6, 6.07) is 0. The fraction of sp³-hybridized carbons (Fsp3) is 1.00. The standard InChI is InChI=1S/C14H26BrNO2/c1-12-3-6-16(9-13(12)17-2)11-14(10-15)4-7-18-8-5-14/h12-13H,3-11H2,1-2H3. The molecule has 0 aromatic carbocycles. The van der Waals surface area contributed by atoms with Crippen molar-refractivity contribution in [3.8, 4) is 0 Å². The number of hydrogen-bond donors (Lipinski definition) is 0. The number of alkyl halides is 1. The molecule has 0 amide bonds. The molecule has 3 nitrogen and oxygen atoms in total. The van der Waals surface area contributed by atoms with E-state index in [4.69, 9.17) is 9.47 Å². The van der Waals surface area contributed by atoms with Crippen LogP contribution in [0.3, 0.4) is 0 Å². The summed E-state index contributed by atoms with van der Waals surface area (Å²) in [4.78, 5) is 2.60. The number of nitrogens with zero attached hydrogens (tertiary/aromatic N) is 1. The van der Waals surface area contributed by atoms with E-state index in [2.05, 4.69) is 27.8 Å². The van der Waals surface area contributed by atoms with Crippen LogP contribution in [0.15, 0.2) is 0 Å². The Balaban J connectivity index is 1.91. The van der Waals surface area contributed by atoms with E-state index in [-0.39, 0.29) is 0 Å². The van der Waals surface area contributed by atoms with Crippen molar-refractivity contribution in [1.82, 2.24) is 4.90 Å². The first-order chi connectivity index (χ1) is 8.69. The number of rotatable bonds is 4. The summed E-state index contributed by atoms with van der Waals surface area (Å²) in [5, 5.41) is 1.09. The van der Waals surface area contributed by atoms with Crippen molar-refractivity contribution >= 4 is 15.9 Å². The topological polar surface area (TPSA) is 21.7 Å². The predicted molar refractivity (Wildman–Crippen MR) is 77.3 cm³/mol. The molecule has 2 atom stereocenters. The third kappa shape index (κ3) is 3.47. The normalized spacial score (nSPS) is 33.5. The van der Waals surface area contributed by atoms with Crippen LogP contribution in [0.25, 0.3) is 0 Å². The van der Waals surface area contributed by atoms with Crippen LogP contribution in [-0.4, -0.2) is 56.3 Å². The van der Waals surface area contributed by atoms with Crippen LogP contribution in [0.2, 0.25) is 0 Å². The number of piperidine rings is 1. The first-order valence-corrected chi connectivity index (χ1v) is 8.20. The van der Waals surface area contributed by atoms with Crippen molar-refractivity contribution in [2.75, 3.05) is 45.3 Å². The van der Waals surface area contributed by atoms with Gasteiger partial charge in [-0.2, -0.15) is 0 Å². The van der Waals surface area contributed by atoms with Crippen molar-refractivity contribution < 1.29 is 9.47 Å². The number of methoxy groups -OCH3 is 1. The maximum atomic E-state index is 5.61. The van der Waals surface area contributed by atoms with Gasteiger partial charge in [0.1, 0.15) is 0 Å². The van der Waals surface area contributed by atoms with Crippen molar-refractivity contribution in [2.24, 2.45) is 11.3 Å². The number of halogens is 1. The van der Waals surface area contributed by atoms with Crippen molar-refractivity contribution in [3.63, 3.8) is 0 Å². The molecule has 0 radical (unpaired) electrons. The summed E-state index contributed by atoms with van der Waals surface area (Å²) in [6.45, 7) is 7.64. The van der Waals surface area contributed by atoms with Crippen molar-refractivity contribution in [2.45, 2.75) is 32.3 Å². The molecular weight excluding hydrogens is 294 g/mol. The Morgan fingerprint density at radius 2 is 2.11 bits per heavy atom. The van der Waals surface area contributed by atoms with E-state index in [1.54, 1.807) is 0 Å². The van der Waals surface area contributed by atoms with Crippen molar-refractivity contribution in [1.29, 1.82) is 0 Å². The molecular formula is C14H26BrNO2. The summed E-state index contributed by atoms with van der Waals surface area (Å²) in [5.41, 5.74) is 0.414. The van der Waals surface area contributed by atoms with Gasteiger partial charge in [-0.05, 0) is 37.1 Å². The lowest BCUT2D eigenvalue weighted by molar-refractivity contribution is -0.0360. The van der Waals surface area contributed by atoms with E-state index >= 15 is 0 Å². The highest BCUT2D eigenvalue weighted by Gasteiger charge is 2.36. The summed E-state index contributed by atoms with van der Waals surface area (Å²) in [5.74, 6) is 0.695. The van der Waals surface area contributed by atoms with Gasteiger partial charge in [-0.25, -0.2) is 0 Å². The SMILES string of the molecule is COC1CN(CC2(CBr)CCOCC2)CCC1C. The fourth-order valence-electron chi connectivity index (χ4n) is 3.16. The maximum Gasteiger partial charge on any atom is 0.0724 e. The van der Waals surface area contributed by atoms with E-state index in [1.807, 2.05) is 7.11 Å². The zero-order chi connectivity index (χ0) is 13.0. The highest BCUT2D eigenvalue weighted by Crippen LogP contribution is 2.34. The number of ether oxygens (including phenoxy) is 2. The zero-order valence-corrected chi connectivity index (χ0v) is 13.2. The average Bonchev–Trinajstić information content (AvgIpc) is 2.42. The van der Waals surface area contributed by atoms with E-state index in [0.717, 1.165) is 25.1 Å². The first-order valence-electron chi connectivity index (χ1n) is 7.08. The summed E-state index contributed by atoms with van der Waals surface area (Å²) in [6.07, 6.45) is 4.03. The van der Waals surface area contributed by atoms with Gasteiger partial charge >= 0.3 is 0 Å². The van der Waals surface area contributed by atoms with Gasteiger partial charge in [-0.15, -0.1) is 0 Å². The maximum absolute atomic E-state index is 5.61. The van der Waals surface area contributed by atoms with Gasteiger partial charge in [0.2, 0.25) is 0 Å². The second-order valence-electron chi connectivity index (χ2n) is 6.02. The molecule has 2 rings (SSSR count). The number of likely N-dealkylation sites (tertiary alicyclic amines) is 1. The monoisotopic (exact) mass is 319 g/mol. The molecule has 0 aliphatic carbocycles. The van der Waals surface area contributed by atoms with Crippen LogP contribution in [0.4, 0.5) is 0 Å². The van der Waals surface area contributed by atoms with Gasteiger partial charge in [0, 0.05) is 38.7 Å². The van der Waals surface area contributed by atoms with Gasteiger partial charge in [0.25, 0.3) is 0 Å². The third-order valence-corrected chi connectivity index (χ3v) is 5.86. The van der Waals surface area contributed by atoms with Crippen LogP contribution < -0.4 is 0 Å². The molecule has 106 valence electrons. The van der Waals surface area contributed by atoms with Gasteiger partial charge in [0.15, 0.2) is 0 Å². The van der Waals surface area contributed by atoms with Crippen LogP contribution >= 0.6 is 15.9 Å². The molecule has 18 heavy (non-hydrogen) atoms. The Morgan fingerprint density at radius 3 is 2.72 bits per heavy atom. The Morgan fingerprint density at radius 1 is 1.39 bits per heavy atom. The zero-order valence-electron chi connectivity index (χ0n) is 11.7. The molecule has 2 fully saturated rings. The van der Waals surface area contributed by atoms with Crippen LogP contribution in [-0.2, 0) is 9.47 Å². The third-order valence-electron chi connectivity index (χ3n) is 4.67. The molecule has 0 N–H and O–H groups in total. The molecule has 2 heterocycles. The minimum Gasteiger partial charge on any atom is -0.381 e. The van der Waals surface area contributed by atoms with Crippen LogP contribution in [0.1, 0.15) is 26.2 Å². The predicted octanol–water partition coefficient (Wildman–Crippen LogP) is 2.53. The van der Waals surface area contributed by atoms with E-state index in [0.29, 0.717) is 17.4 Å². The Bertz CT molecular complexity index is 256. The average molecular weight is 320 g/mol. The summed E-state index contributed by atoms with van der Waals surface area (Å²) < 4.78 is 11.1. The molecule has 2 saturated heterocycles. The number of hydrogen-bond acceptors (Lipinski definition) is 3.